The van der Waals surface area contributed by atoms with Crippen LogP contribution in [-0.2, 0) is 6.54 Å². The second-order valence-electron chi connectivity index (χ2n) is 5.64. The molecule has 138 valence electrons. The van der Waals surface area contributed by atoms with Gasteiger partial charge in [0.15, 0.2) is 0 Å². The number of methoxy groups -OCH3 is 1. The standard InChI is InChI=1S/C19H15ClFN3O3/c1-27-17-7-5-13(20)10-16(17)22-19(26)15-6-8-18(25)24(23-15)11-12-3-2-4-14(21)9-12/h2-10H,11H2,1H3,(H,22,26). The number of halogens is 2. The Bertz CT molecular complexity index is 1050. The average Bonchev–Trinajstić information content (AvgIpc) is 2.64. The maximum atomic E-state index is 13.3. The largest absolute Gasteiger partial charge is 0.495 e. The number of benzene rings is 2. The first kappa shape index (κ1) is 18.6. The minimum absolute atomic E-state index is 0.0213. The van der Waals surface area contributed by atoms with Crippen molar-refractivity contribution < 1.29 is 13.9 Å². The number of nitrogens with zero attached hydrogens (tertiary/aromatic N) is 2. The van der Waals surface area contributed by atoms with Gasteiger partial charge in [-0.3, -0.25) is 9.59 Å². The molecule has 8 heteroatoms. The van der Waals surface area contributed by atoms with Crippen molar-refractivity contribution in [3.8, 4) is 5.75 Å². The lowest BCUT2D eigenvalue weighted by Crippen LogP contribution is -2.26. The van der Waals surface area contributed by atoms with Crippen LogP contribution in [0.4, 0.5) is 10.1 Å². The van der Waals surface area contributed by atoms with Gasteiger partial charge in [0.25, 0.3) is 11.5 Å². The Balaban J connectivity index is 1.86. The summed E-state index contributed by atoms with van der Waals surface area (Å²) in [5.74, 6) is -0.521. The van der Waals surface area contributed by atoms with Gasteiger partial charge in [-0.25, -0.2) is 9.07 Å². The molecule has 2 aromatic carbocycles. The number of hydrogen-bond donors (Lipinski definition) is 1. The van der Waals surface area contributed by atoms with Gasteiger partial charge in [-0.15, -0.1) is 0 Å². The van der Waals surface area contributed by atoms with Crippen LogP contribution in [0, 0.1) is 5.82 Å². The molecule has 0 spiro atoms. The summed E-state index contributed by atoms with van der Waals surface area (Å²) < 4.78 is 19.6. The second-order valence-corrected chi connectivity index (χ2v) is 6.08. The Morgan fingerprint density at radius 3 is 2.78 bits per heavy atom. The van der Waals surface area contributed by atoms with Gasteiger partial charge in [-0.1, -0.05) is 23.7 Å². The normalized spacial score (nSPS) is 10.5. The molecular formula is C19H15ClFN3O3. The molecule has 1 heterocycles. The molecule has 0 aliphatic carbocycles. The zero-order valence-electron chi connectivity index (χ0n) is 14.3. The molecule has 0 saturated heterocycles. The lowest BCUT2D eigenvalue weighted by molar-refractivity contribution is 0.101. The zero-order valence-corrected chi connectivity index (χ0v) is 15.0. The number of rotatable bonds is 5. The van der Waals surface area contributed by atoms with E-state index in [2.05, 4.69) is 10.4 Å². The van der Waals surface area contributed by atoms with Gasteiger partial charge in [-0.2, -0.15) is 5.10 Å². The zero-order chi connectivity index (χ0) is 19.4. The topological polar surface area (TPSA) is 73.2 Å². The van der Waals surface area contributed by atoms with Crippen molar-refractivity contribution in [1.82, 2.24) is 9.78 Å². The summed E-state index contributed by atoms with van der Waals surface area (Å²) in [6.07, 6.45) is 0. The number of carbonyl (C=O) groups excluding carboxylic acids is 1. The molecule has 6 nitrogen and oxygen atoms in total. The Morgan fingerprint density at radius 2 is 2.04 bits per heavy atom. The minimum atomic E-state index is -0.538. The summed E-state index contributed by atoms with van der Waals surface area (Å²) in [5, 5.41) is 7.15. The predicted octanol–water partition coefficient (Wildman–Crippen LogP) is 3.35. The van der Waals surface area contributed by atoms with E-state index in [9.17, 15) is 14.0 Å². The van der Waals surface area contributed by atoms with E-state index in [4.69, 9.17) is 16.3 Å². The molecule has 0 unspecified atom stereocenters. The van der Waals surface area contributed by atoms with Gasteiger partial charge in [0.2, 0.25) is 0 Å². The van der Waals surface area contributed by atoms with Crippen molar-refractivity contribution in [3.63, 3.8) is 0 Å². The summed E-state index contributed by atoms with van der Waals surface area (Å²) in [7, 11) is 1.47. The maximum absolute atomic E-state index is 13.3. The van der Waals surface area contributed by atoms with Crippen molar-refractivity contribution >= 4 is 23.2 Å². The van der Waals surface area contributed by atoms with E-state index in [1.807, 2.05) is 0 Å². The van der Waals surface area contributed by atoms with E-state index < -0.39 is 17.3 Å². The smallest absolute Gasteiger partial charge is 0.276 e. The summed E-state index contributed by atoms with van der Waals surface area (Å²) >= 11 is 5.95. The molecule has 0 aliphatic heterocycles. The highest BCUT2D eigenvalue weighted by atomic mass is 35.5. The number of aromatic nitrogens is 2. The van der Waals surface area contributed by atoms with Gasteiger partial charge in [0, 0.05) is 11.1 Å². The average molecular weight is 388 g/mol. The van der Waals surface area contributed by atoms with Gasteiger partial charge >= 0.3 is 0 Å². The molecule has 0 atom stereocenters. The van der Waals surface area contributed by atoms with E-state index >= 15 is 0 Å². The monoisotopic (exact) mass is 387 g/mol. The number of carbonyl (C=O) groups is 1. The summed E-state index contributed by atoms with van der Waals surface area (Å²) in [5.41, 5.74) is 0.544. The van der Waals surface area contributed by atoms with Crippen molar-refractivity contribution in [3.05, 3.63) is 87.0 Å². The first-order chi connectivity index (χ1) is 13.0. The molecule has 0 bridgehead atoms. The van der Waals surface area contributed by atoms with Gasteiger partial charge < -0.3 is 10.1 Å². The lowest BCUT2D eigenvalue weighted by atomic mass is 10.2. The van der Waals surface area contributed by atoms with Crippen molar-refractivity contribution in [2.24, 2.45) is 0 Å². The molecule has 0 radical (unpaired) electrons. The van der Waals surface area contributed by atoms with Crippen LogP contribution in [-0.4, -0.2) is 22.8 Å². The first-order valence-electron chi connectivity index (χ1n) is 7.94. The highest BCUT2D eigenvalue weighted by molar-refractivity contribution is 6.31. The van der Waals surface area contributed by atoms with E-state index in [0.717, 1.165) is 4.68 Å². The van der Waals surface area contributed by atoms with E-state index in [1.54, 1.807) is 24.3 Å². The van der Waals surface area contributed by atoms with Gasteiger partial charge in [-0.05, 0) is 42.0 Å². The Hall–Kier alpha value is -3.19. The third-order valence-electron chi connectivity index (χ3n) is 3.73. The molecule has 0 saturated carbocycles. The molecule has 0 fully saturated rings. The fourth-order valence-electron chi connectivity index (χ4n) is 2.46. The fraction of sp³-hybridized carbons (Fsp3) is 0.105. The molecule has 3 rings (SSSR count). The Kier molecular flexibility index (Phi) is 5.52. The van der Waals surface area contributed by atoms with Crippen LogP contribution >= 0.6 is 11.6 Å². The number of nitrogens with one attached hydrogen (secondary N) is 1. The molecule has 1 amide bonds. The predicted molar refractivity (Wildman–Crippen MR) is 100.0 cm³/mol. The molecular weight excluding hydrogens is 373 g/mol. The molecule has 1 N–H and O–H groups in total. The summed E-state index contributed by atoms with van der Waals surface area (Å²) in [6, 6.07) is 13.2. The van der Waals surface area contributed by atoms with Crippen LogP contribution in [0.5, 0.6) is 5.75 Å². The minimum Gasteiger partial charge on any atom is -0.495 e. The molecule has 1 aromatic heterocycles. The van der Waals surface area contributed by atoms with Crippen LogP contribution < -0.4 is 15.6 Å². The van der Waals surface area contributed by atoms with Crippen molar-refractivity contribution in [2.75, 3.05) is 12.4 Å². The van der Waals surface area contributed by atoms with Crippen LogP contribution in [0.25, 0.3) is 0 Å². The highest BCUT2D eigenvalue weighted by Gasteiger charge is 2.13. The molecule has 3 aromatic rings. The van der Waals surface area contributed by atoms with Crippen LogP contribution in [0.3, 0.4) is 0 Å². The van der Waals surface area contributed by atoms with E-state index in [0.29, 0.717) is 22.0 Å². The van der Waals surface area contributed by atoms with Gasteiger partial charge in [0.1, 0.15) is 17.3 Å². The quantitative estimate of drug-likeness (QED) is 0.728. The summed E-state index contributed by atoms with van der Waals surface area (Å²) in [6.45, 7) is 0.0399. The number of amides is 1. The molecule has 27 heavy (non-hydrogen) atoms. The molecule has 0 aliphatic rings. The Morgan fingerprint density at radius 1 is 1.22 bits per heavy atom. The Labute approximate surface area is 159 Å². The first-order valence-corrected chi connectivity index (χ1v) is 8.31. The fourth-order valence-corrected chi connectivity index (χ4v) is 2.63. The van der Waals surface area contributed by atoms with Crippen LogP contribution in [0.2, 0.25) is 5.02 Å². The third kappa shape index (κ3) is 4.51. The van der Waals surface area contributed by atoms with Crippen LogP contribution in [0.1, 0.15) is 16.1 Å². The third-order valence-corrected chi connectivity index (χ3v) is 3.97. The van der Waals surface area contributed by atoms with E-state index in [1.165, 1.54) is 37.4 Å². The van der Waals surface area contributed by atoms with E-state index in [-0.39, 0.29) is 12.2 Å². The number of ether oxygens (including phenoxy) is 1. The van der Waals surface area contributed by atoms with Crippen LogP contribution in [0.15, 0.2) is 59.4 Å². The summed E-state index contributed by atoms with van der Waals surface area (Å²) in [4.78, 5) is 24.5. The lowest BCUT2D eigenvalue weighted by Gasteiger charge is -2.11. The van der Waals surface area contributed by atoms with Gasteiger partial charge in [0.05, 0.1) is 19.3 Å². The number of hydrogen-bond acceptors (Lipinski definition) is 4. The SMILES string of the molecule is COc1ccc(Cl)cc1NC(=O)c1ccc(=O)n(Cc2cccc(F)c2)n1. The second kappa shape index (κ2) is 8.01. The number of anilines is 1. The highest BCUT2D eigenvalue weighted by Crippen LogP contribution is 2.27. The maximum Gasteiger partial charge on any atom is 0.276 e. The van der Waals surface area contributed by atoms with Crippen molar-refractivity contribution in [1.29, 1.82) is 0 Å². The van der Waals surface area contributed by atoms with Crippen molar-refractivity contribution in [2.45, 2.75) is 6.54 Å².